The highest BCUT2D eigenvalue weighted by molar-refractivity contribution is 5.90. The Morgan fingerprint density at radius 3 is 2.47 bits per heavy atom. The fourth-order valence-corrected chi connectivity index (χ4v) is 3.12. The Kier molecular flexibility index (Phi) is 2.92. The molecule has 1 aromatic rings. The van der Waals surface area contributed by atoms with E-state index < -0.39 is 0 Å². The van der Waals surface area contributed by atoms with Gasteiger partial charge in [-0.1, -0.05) is 12.1 Å². The summed E-state index contributed by atoms with van der Waals surface area (Å²) < 4.78 is 4.68. The van der Waals surface area contributed by atoms with Crippen molar-refractivity contribution in [2.75, 3.05) is 7.11 Å². The van der Waals surface area contributed by atoms with Gasteiger partial charge in [-0.2, -0.15) is 0 Å². The number of ether oxygens (including phenoxy) is 1. The highest BCUT2D eigenvalue weighted by Gasteiger charge is 2.48. The zero-order chi connectivity index (χ0) is 13.5. The van der Waals surface area contributed by atoms with Crippen LogP contribution < -0.4 is 0 Å². The van der Waals surface area contributed by atoms with E-state index in [1.807, 2.05) is 12.1 Å². The second-order valence-electron chi connectivity index (χ2n) is 5.84. The molecule has 2 fully saturated rings. The molecule has 19 heavy (non-hydrogen) atoms. The van der Waals surface area contributed by atoms with Crippen molar-refractivity contribution in [2.45, 2.75) is 38.0 Å². The summed E-state index contributed by atoms with van der Waals surface area (Å²) in [6, 6.07) is 7.30. The highest BCUT2D eigenvalue weighted by atomic mass is 16.5. The first-order chi connectivity index (χ1) is 9.13. The molecule has 1 atom stereocenters. The number of hydrogen-bond donors (Lipinski definition) is 0. The number of Topliss-reactive ketones (excluding diaryl/α,β-unsaturated/α-hetero) is 1. The Labute approximate surface area is 113 Å². The summed E-state index contributed by atoms with van der Waals surface area (Å²) >= 11 is 0. The molecule has 3 rings (SSSR count). The minimum atomic E-state index is -0.333. The summed E-state index contributed by atoms with van der Waals surface area (Å²) in [7, 11) is 1.37. The molecule has 2 aliphatic rings. The lowest BCUT2D eigenvalue weighted by atomic mass is 9.75. The second kappa shape index (κ2) is 4.48. The average Bonchev–Trinajstić information content (AvgIpc) is 3.21. The Morgan fingerprint density at radius 1 is 1.21 bits per heavy atom. The number of ketones is 1. The number of rotatable bonds is 2. The number of benzene rings is 1. The molecule has 100 valence electrons. The average molecular weight is 258 g/mol. The molecule has 0 amide bonds. The van der Waals surface area contributed by atoms with Gasteiger partial charge in [-0.05, 0) is 48.8 Å². The first kappa shape index (κ1) is 12.4. The molecule has 0 aromatic heterocycles. The molecule has 0 aliphatic heterocycles. The van der Waals surface area contributed by atoms with Crippen molar-refractivity contribution in [3.8, 4) is 0 Å². The molecular formula is C16H18O3. The molecule has 0 N–H and O–H groups in total. The predicted molar refractivity (Wildman–Crippen MR) is 71.0 cm³/mol. The van der Waals surface area contributed by atoms with E-state index in [1.54, 1.807) is 12.1 Å². The summed E-state index contributed by atoms with van der Waals surface area (Å²) in [5.74, 6) is 0.0477. The van der Waals surface area contributed by atoms with E-state index >= 15 is 0 Å². The van der Waals surface area contributed by atoms with Crippen molar-refractivity contribution in [3.63, 3.8) is 0 Å². The van der Waals surface area contributed by atoms with Gasteiger partial charge in [-0.3, -0.25) is 4.79 Å². The molecule has 0 saturated heterocycles. The highest BCUT2D eigenvalue weighted by Crippen LogP contribution is 2.58. The Morgan fingerprint density at radius 2 is 1.89 bits per heavy atom. The van der Waals surface area contributed by atoms with Crippen LogP contribution in [0.25, 0.3) is 0 Å². The van der Waals surface area contributed by atoms with Crippen LogP contribution in [0.2, 0.25) is 0 Å². The summed E-state index contributed by atoms with van der Waals surface area (Å²) in [4.78, 5) is 23.5. The van der Waals surface area contributed by atoms with Crippen LogP contribution in [0.1, 0.15) is 53.9 Å². The van der Waals surface area contributed by atoms with Crippen LogP contribution in [0.4, 0.5) is 0 Å². The van der Waals surface area contributed by atoms with Crippen LogP contribution in [0.3, 0.4) is 0 Å². The summed E-state index contributed by atoms with van der Waals surface area (Å²) in [5, 5.41) is 0. The number of hydrogen-bond acceptors (Lipinski definition) is 3. The van der Waals surface area contributed by atoms with Crippen LogP contribution in [-0.2, 0) is 9.53 Å². The van der Waals surface area contributed by atoms with Gasteiger partial charge < -0.3 is 4.74 Å². The topological polar surface area (TPSA) is 43.4 Å². The fourth-order valence-electron chi connectivity index (χ4n) is 3.12. The van der Waals surface area contributed by atoms with Crippen LogP contribution in [0.15, 0.2) is 24.3 Å². The van der Waals surface area contributed by atoms with Crippen LogP contribution in [0.5, 0.6) is 0 Å². The summed E-state index contributed by atoms with van der Waals surface area (Å²) in [5.41, 5.74) is 2.04. The second-order valence-corrected chi connectivity index (χ2v) is 5.84. The number of methoxy groups -OCH3 is 1. The van der Waals surface area contributed by atoms with E-state index in [2.05, 4.69) is 4.74 Å². The molecule has 2 aliphatic carbocycles. The number of carbonyl (C=O) groups excluding carboxylic acids is 2. The van der Waals surface area contributed by atoms with Crippen molar-refractivity contribution >= 4 is 11.8 Å². The van der Waals surface area contributed by atoms with Crippen molar-refractivity contribution < 1.29 is 14.3 Å². The van der Waals surface area contributed by atoms with Gasteiger partial charge in [-0.15, -0.1) is 0 Å². The van der Waals surface area contributed by atoms with Gasteiger partial charge in [0, 0.05) is 12.3 Å². The molecule has 2 saturated carbocycles. The molecule has 1 unspecified atom stereocenters. The van der Waals surface area contributed by atoms with Crippen molar-refractivity contribution in [3.05, 3.63) is 35.4 Å². The van der Waals surface area contributed by atoms with Crippen molar-refractivity contribution in [1.82, 2.24) is 0 Å². The quantitative estimate of drug-likeness (QED) is 0.766. The van der Waals surface area contributed by atoms with E-state index in [0.29, 0.717) is 23.2 Å². The number of esters is 1. The molecule has 0 heterocycles. The normalized spacial score (nSPS) is 24.3. The predicted octanol–water partition coefficient (Wildman–Crippen LogP) is 3.09. The first-order valence-corrected chi connectivity index (χ1v) is 6.85. The Bertz CT molecular complexity index is 511. The lowest BCUT2D eigenvalue weighted by Gasteiger charge is -2.28. The third kappa shape index (κ3) is 2.29. The largest absolute Gasteiger partial charge is 0.465 e. The van der Waals surface area contributed by atoms with E-state index in [9.17, 15) is 9.59 Å². The van der Waals surface area contributed by atoms with E-state index in [0.717, 1.165) is 18.4 Å². The van der Waals surface area contributed by atoms with Gasteiger partial charge in [0.05, 0.1) is 12.7 Å². The minimum absolute atomic E-state index is 0.0305. The molecule has 0 bridgehead atoms. The molecule has 0 radical (unpaired) electrons. The smallest absolute Gasteiger partial charge is 0.337 e. The van der Waals surface area contributed by atoms with Crippen molar-refractivity contribution in [1.29, 1.82) is 0 Å². The Hall–Kier alpha value is -1.64. The van der Waals surface area contributed by atoms with Gasteiger partial charge in [0.2, 0.25) is 0 Å². The fraction of sp³-hybridized carbons (Fsp3) is 0.500. The third-order valence-corrected chi connectivity index (χ3v) is 4.62. The molecular weight excluding hydrogens is 240 g/mol. The molecule has 1 aromatic carbocycles. The van der Waals surface area contributed by atoms with Crippen LogP contribution in [-0.4, -0.2) is 18.9 Å². The molecule has 3 heteroatoms. The monoisotopic (exact) mass is 258 g/mol. The maximum Gasteiger partial charge on any atom is 0.337 e. The zero-order valence-corrected chi connectivity index (χ0v) is 11.1. The maximum atomic E-state index is 12.1. The Balaban J connectivity index is 1.81. The zero-order valence-electron chi connectivity index (χ0n) is 11.1. The van der Waals surface area contributed by atoms with E-state index in [1.165, 1.54) is 20.0 Å². The third-order valence-electron chi connectivity index (χ3n) is 4.62. The van der Waals surface area contributed by atoms with Crippen LogP contribution in [0, 0.1) is 5.41 Å². The maximum absolute atomic E-state index is 12.1. The van der Waals surface area contributed by atoms with Gasteiger partial charge in [-0.25, -0.2) is 4.79 Å². The van der Waals surface area contributed by atoms with Gasteiger partial charge in [0.15, 0.2) is 0 Å². The SMILES string of the molecule is COC(=O)c1ccc(C2CC3(CCC2=O)CC3)cc1. The van der Waals surface area contributed by atoms with Gasteiger partial charge in [0.1, 0.15) is 5.78 Å². The summed E-state index contributed by atoms with van der Waals surface area (Å²) in [6.07, 6.45) is 5.32. The van der Waals surface area contributed by atoms with E-state index in [-0.39, 0.29) is 11.9 Å². The van der Waals surface area contributed by atoms with Gasteiger partial charge >= 0.3 is 5.97 Å². The molecule has 1 spiro atoms. The first-order valence-electron chi connectivity index (χ1n) is 6.85. The summed E-state index contributed by atoms with van der Waals surface area (Å²) in [6.45, 7) is 0. The standard InChI is InChI=1S/C16H18O3/c1-19-15(18)12-4-2-11(3-5-12)13-10-16(8-9-16)7-6-14(13)17/h2-5,13H,6-10H2,1H3. The number of carbonyl (C=O) groups is 2. The van der Waals surface area contributed by atoms with Crippen molar-refractivity contribution in [2.24, 2.45) is 5.41 Å². The lowest BCUT2D eigenvalue weighted by molar-refractivity contribution is -0.123. The minimum Gasteiger partial charge on any atom is -0.465 e. The lowest BCUT2D eigenvalue weighted by Crippen LogP contribution is -2.24. The molecule has 3 nitrogen and oxygen atoms in total. The van der Waals surface area contributed by atoms with E-state index in [4.69, 9.17) is 0 Å². The van der Waals surface area contributed by atoms with Gasteiger partial charge in [0.25, 0.3) is 0 Å². The van der Waals surface area contributed by atoms with Crippen LogP contribution >= 0.6 is 0 Å².